The number of rotatable bonds is 11. The van der Waals surface area contributed by atoms with Gasteiger partial charge in [0.05, 0.1) is 12.9 Å². The van der Waals surface area contributed by atoms with Crippen LogP contribution in [0.1, 0.15) is 27.7 Å². The predicted octanol–water partition coefficient (Wildman–Crippen LogP) is 2.35. The van der Waals surface area contributed by atoms with Crippen LogP contribution in [0.3, 0.4) is 0 Å². The van der Waals surface area contributed by atoms with Crippen LogP contribution in [0.25, 0.3) is 0 Å². The van der Waals surface area contributed by atoms with Gasteiger partial charge in [0.1, 0.15) is 6.61 Å². The maximum atomic E-state index is 11.1. The Hall–Kier alpha value is -1.37. The molecule has 3 unspecified atom stereocenters. The van der Waals surface area contributed by atoms with Crippen LogP contribution in [0.5, 0.6) is 0 Å². The summed E-state index contributed by atoms with van der Waals surface area (Å²) in [5, 5.41) is 0. The monoisotopic (exact) mass is 288 g/mol. The molecule has 0 N–H and O–H groups in total. The molecule has 0 fully saturated rings. The van der Waals surface area contributed by atoms with Crippen LogP contribution in [0.4, 0.5) is 0 Å². The Morgan fingerprint density at radius 3 is 2.25 bits per heavy atom. The average molecular weight is 288 g/mol. The Kier molecular flexibility index (Phi) is 9.71. The molecule has 0 saturated carbocycles. The minimum absolute atomic E-state index is 0.143. The molecule has 0 radical (unpaired) electrons. The van der Waals surface area contributed by atoms with Gasteiger partial charge in [-0.2, -0.15) is 0 Å². The minimum Gasteiger partial charge on any atom is -0.473 e. The molecule has 20 heavy (non-hydrogen) atoms. The summed E-state index contributed by atoms with van der Waals surface area (Å²) in [6.07, 6.45) is -0.152. The zero-order valence-corrected chi connectivity index (χ0v) is 12.6. The first-order chi connectivity index (χ1) is 9.36. The summed E-state index contributed by atoms with van der Waals surface area (Å²) in [5.41, 5.74) is 0.354. The highest BCUT2D eigenvalue weighted by atomic mass is 16.8. The third-order valence-electron chi connectivity index (χ3n) is 2.07. The largest absolute Gasteiger partial charge is 0.473 e. The van der Waals surface area contributed by atoms with Crippen LogP contribution in [0.2, 0.25) is 0 Å². The predicted molar refractivity (Wildman–Crippen MR) is 73.6 cm³/mol. The van der Waals surface area contributed by atoms with Crippen molar-refractivity contribution < 1.29 is 28.5 Å². The van der Waals surface area contributed by atoms with Crippen molar-refractivity contribution in [1.82, 2.24) is 0 Å². The van der Waals surface area contributed by atoms with Crippen molar-refractivity contribution in [1.29, 1.82) is 0 Å². The van der Waals surface area contributed by atoms with Gasteiger partial charge >= 0.3 is 5.97 Å². The fourth-order valence-electron chi connectivity index (χ4n) is 1.25. The van der Waals surface area contributed by atoms with E-state index in [0.29, 0.717) is 5.57 Å². The molecule has 0 aromatic heterocycles. The lowest BCUT2D eigenvalue weighted by Crippen LogP contribution is -2.27. The van der Waals surface area contributed by atoms with Crippen LogP contribution in [0.15, 0.2) is 25.0 Å². The SMILES string of the molecule is C=COC(C)OC(C)OC(C)OCCOC(=O)C(=C)C. The molecule has 0 aromatic rings. The van der Waals surface area contributed by atoms with E-state index < -0.39 is 24.8 Å². The number of esters is 1. The number of ether oxygens (including phenoxy) is 5. The smallest absolute Gasteiger partial charge is 0.333 e. The summed E-state index contributed by atoms with van der Waals surface area (Å²) < 4.78 is 25.9. The highest BCUT2D eigenvalue weighted by Gasteiger charge is 2.13. The Morgan fingerprint density at radius 1 is 1.10 bits per heavy atom. The molecule has 0 aliphatic carbocycles. The Bertz CT molecular complexity index is 315. The van der Waals surface area contributed by atoms with E-state index in [1.807, 2.05) is 0 Å². The summed E-state index contributed by atoms with van der Waals surface area (Å²) in [5.74, 6) is -0.436. The van der Waals surface area contributed by atoms with Gasteiger partial charge in [-0.15, -0.1) is 0 Å². The normalized spacial score (nSPS) is 15.0. The lowest BCUT2D eigenvalue weighted by Gasteiger charge is -2.22. The van der Waals surface area contributed by atoms with Gasteiger partial charge in [0.15, 0.2) is 18.9 Å². The number of hydrogen-bond acceptors (Lipinski definition) is 6. The molecular weight excluding hydrogens is 264 g/mol. The molecule has 0 heterocycles. The van der Waals surface area contributed by atoms with E-state index >= 15 is 0 Å². The molecule has 0 aliphatic heterocycles. The van der Waals surface area contributed by atoms with E-state index in [1.165, 1.54) is 6.26 Å². The van der Waals surface area contributed by atoms with Gasteiger partial charge < -0.3 is 23.7 Å². The molecule has 6 heteroatoms. The maximum absolute atomic E-state index is 11.1. The van der Waals surface area contributed by atoms with E-state index in [0.717, 1.165) is 0 Å². The molecule has 0 rings (SSSR count). The van der Waals surface area contributed by atoms with Crippen molar-refractivity contribution in [3.05, 3.63) is 25.0 Å². The highest BCUT2D eigenvalue weighted by molar-refractivity contribution is 5.86. The van der Waals surface area contributed by atoms with Crippen LogP contribution >= 0.6 is 0 Å². The summed E-state index contributed by atoms with van der Waals surface area (Å²) >= 11 is 0. The number of carbonyl (C=O) groups is 1. The summed E-state index contributed by atoms with van der Waals surface area (Å²) in [7, 11) is 0. The molecular formula is C14H24O6. The van der Waals surface area contributed by atoms with E-state index in [1.54, 1.807) is 27.7 Å². The third kappa shape index (κ3) is 9.55. The van der Waals surface area contributed by atoms with Crippen LogP contribution in [0, 0.1) is 0 Å². The van der Waals surface area contributed by atoms with Crippen molar-refractivity contribution in [3.63, 3.8) is 0 Å². The summed E-state index contributed by atoms with van der Waals surface area (Å²) in [6, 6.07) is 0. The van der Waals surface area contributed by atoms with E-state index in [9.17, 15) is 4.79 Å². The van der Waals surface area contributed by atoms with Gasteiger partial charge in [-0.25, -0.2) is 4.79 Å². The van der Waals surface area contributed by atoms with Gasteiger partial charge in [0, 0.05) is 5.57 Å². The first-order valence-electron chi connectivity index (χ1n) is 6.38. The summed E-state index contributed by atoms with van der Waals surface area (Å²) in [6.45, 7) is 14.0. The van der Waals surface area contributed by atoms with Crippen molar-refractivity contribution in [2.75, 3.05) is 13.2 Å². The average Bonchev–Trinajstić information content (AvgIpc) is 2.33. The molecule has 3 atom stereocenters. The van der Waals surface area contributed by atoms with Gasteiger partial charge in [-0.1, -0.05) is 13.2 Å². The molecule has 0 aliphatic rings. The first-order valence-corrected chi connectivity index (χ1v) is 6.38. The van der Waals surface area contributed by atoms with Gasteiger partial charge in [0.25, 0.3) is 0 Å². The molecule has 116 valence electrons. The van der Waals surface area contributed by atoms with Crippen LogP contribution in [-0.4, -0.2) is 38.1 Å². The second-order valence-electron chi connectivity index (χ2n) is 4.06. The van der Waals surface area contributed by atoms with Crippen molar-refractivity contribution >= 4 is 5.97 Å². The minimum atomic E-state index is -0.502. The van der Waals surface area contributed by atoms with Gasteiger partial charge in [-0.3, -0.25) is 0 Å². The first kappa shape index (κ1) is 18.6. The van der Waals surface area contributed by atoms with Gasteiger partial charge in [0.2, 0.25) is 0 Å². The van der Waals surface area contributed by atoms with E-state index in [-0.39, 0.29) is 13.2 Å². The maximum Gasteiger partial charge on any atom is 0.333 e. The molecule has 0 aromatic carbocycles. The standard InChI is InChI=1S/C14H24O6/c1-7-16-11(4)19-13(6)20-12(5)17-8-9-18-14(15)10(2)3/h7,11-13H,1-2,8-9H2,3-6H3. The van der Waals surface area contributed by atoms with Crippen molar-refractivity contribution in [3.8, 4) is 0 Å². The Labute approximate surface area is 120 Å². The van der Waals surface area contributed by atoms with E-state index in [2.05, 4.69) is 13.2 Å². The topological polar surface area (TPSA) is 63.2 Å². The van der Waals surface area contributed by atoms with Crippen LogP contribution < -0.4 is 0 Å². The lowest BCUT2D eigenvalue weighted by molar-refractivity contribution is -0.272. The number of hydrogen-bond donors (Lipinski definition) is 0. The van der Waals surface area contributed by atoms with Crippen LogP contribution in [-0.2, 0) is 28.5 Å². The zero-order valence-electron chi connectivity index (χ0n) is 12.6. The zero-order chi connectivity index (χ0) is 15.5. The second-order valence-corrected chi connectivity index (χ2v) is 4.06. The summed E-state index contributed by atoms with van der Waals surface area (Å²) in [4.78, 5) is 11.1. The quantitative estimate of drug-likeness (QED) is 0.191. The molecule has 6 nitrogen and oxygen atoms in total. The van der Waals surface area contributed by atoms with Crippen molar-refractivity contribution in [2.45, 2.75) is 46.6 Å². The highest BCUT2D eigenvalue weighted by Crippen LogP contribution is 2.06. The molecule has 0 saturated heterocycles. The van der Waals surface area contributed by atoms with Crippen molar-refractivity contribution in [2.24, 2.45) is 0 Å². The molecule has 0 bridgehead atoms. The van der Waals surface area contributed by atoms with E-state index in [4.69, 9.17) is 23.7 Å². The molecule has 0 spiro atoms. The Morgan fingerprint density at radius 2 is 1.70 bits per heavy atom. The fourth-order valence-corrected chi connectivity index (χ4v) is 1.25. The molecule has 0 amide bonds. The third-order valence-corrected chi connectivity index (χ3v) is 2.07. The lowest BCUT2D eigenvalue weighted by atomic mass is 10.4. The second kappa shape index (κ2) is 10.4. The fraction of sp³-hybridized carbons (Fsp3) is 0.643. The number of carbonyl (C=O) groups excluding carboxylic acids is 1. The van der Waals surface area contributed by atoms with Gasteiger partial charge in [-0.05, 0) is 27.7 Å². The Balaban J connectivity index is 3.71.